The molecule has 0 amide bonds. The first-order chi connectivity index (χ1) is 18.1. The zero-order chi connectivity index (χ0) is 26.3. The van der Waals surface area contributed by atoms with Crippen LogP contribution >= 0.6 is 11.6 Å². The molecule has 0 saturated carbocycles. The van der Waals surface area contributed by atoms with E-state index in [1.54, 1.807) is 36.4 Å². The third-order valence-electron chi connectivity index (χ3n) is 5.78. The van der Waals surface area contributed by atoms with Gasteiger partial charge in [0.2, 0.25) is 0 Å². The van der Waals surface area contributed by atoms with Crippen molar-refractivity contribution in [2.45, 2.75) is 44.1 Å². The first-order valence-corrected chi connectivity index (χ1v) is 13.1. The van der Waals surface area contributed by atoms with Gasteiger partial charge in [0.25, 0.3) is 0 Å². The summed E-state index contributed by atoms with van der Waals surface area (Å²) in [5.41, 5.74) is 1.32. The number of rotatable bonds is 15. The lowest BCUT2D eigenvalue weighted by Crippen LogP contribution is -2.25. The van der Waals surface area contributed by atoms with Crippen LogP contribution in [0.1, 0.15) is 55.3 Å². The van der Waals surface area contributed by atoms with Gasteiger partial charge in [0.1, 0.15) is 17.4 Å². The first kappa shape index (κ1) is 28.2. The van der Waals surface area contributed by atoms with Crippen LogP contribution < -0.4 is 9.47 Å². The molecule has 0 aliphatic rings. The summed E-state index contributed by atoms with van der Waals surface area (Å²) in [5.74, 6) is -0.324. The Morgan fingerprint density at radius 2 is 1.30 bits per heavy atom. The van der Waals surface area contributed by atoms with Gasteiger partial charge in [-0.15, -0.1) is 11.6 Å². The molecule has 3 rings (SSSR count). The van der Waals surface area contributed by atoms with Crippen LogP contribution in [0.3, 0.4) is 0 Å². The highest BCUT2D eigenvalue weighted by atomic mass is 35.5. The molecule has 2 atom stereocenters. The summed E-state index contributed by atoms with van der Waals surface area (Å²) in [6.07, 6.45) is 2.81. The van der Waals surface area contributed by atoms with Crippen molar-refractivity contribution in [1.29, 1.82) is 0 Å². The molecule has 0 spiro atoms. The summed E-state index contributed by atoms with van der Waals surface area (Å²) in [4.78, 5) is 24.4. The van der Waals surface area contributed by atoms with Gasteiger partial charge in [-0.25, -0.2) is 0 Å². The van der Waals surface area contributed by atoms with Crippen molar-refractivity contribution >= 4 is 23.5 Å². The van der Waals surface area contributed by atoms with Gasteiger partial charge in [-0.05, 0) is 61.1 Å². The van der Waals surface area contributed by atoms with Crippen LogP contribution in [0, 0.1) is 0 Å². The Balaban J connectivity index is 1.46. The van der Waals surface area contributed by atoms with Gasteiger partial charge in [-0.3, -0.25) is 9.59 Å². The molecule has 6 nitrogen and oxygen atoms in total. The number of aliphatic hydroxyl groups excluding tert-OH is 1. The highest BCUT2D eigenvalue weighted by Crippen LogP contribution is 2.33. The van der Waals surface area contributed by atoms with Crippen molar-refractivity contribution in [3.05, 3.63) is 96.1 Å². The summed E-state index contributed by atoms with van der Waals surface area (Å²) in [6, 6.07) is 25.1. The van der Waals surface area contributed by atoms with Crippen molar-refractivity contribution in [2.24, 2.45) is 0 Å². The molecule has 0 aliphatic carbocycles. The lowest BCUT2D eigenvalue weighted by molar-refractivity contribution is -0.143. The maximum Gasteiger partial charge on any atom is 0.321 e. The van der Waals surface area contributed by atoms with E-state index < -0.39 is 18.0 Å². The molecule has 0 fully saturated rings. The van der Waals surface area contributed by atoms with Crippen LogP contribution in [-0.4, -0.2) is 36.1 Å². The highest BCUT2D eigenvalue weighted by molar-refractivity contribution is 6.18. The zero-order valence-corrected chi connectivity index (χ0v) is 21.5. The van der Waals surface area contributed by atoms with E-state index in [9.17, 15) is 14.7 Å². The SMILES string of the molecule is O=C(CCCl)OCCCCCCOc1ccc(OC(=O)[C@@H](c2ccccc2)[C@@H](O)c2ccccc2)cc1. The van der Waals surface area contributed by atoms with Crippen molar-refractivity contribution in [1.82, 2.24) is 0 Å². The molecule has 196 valence electrons. The fourth-order valence-corrected chi connectivity index (χ4v) is 3.97. The van der Waals surface area contributed by atoms with Gasteiger partial charge < -0.3 is 19.3 Å². The van der Waals surface area contributed by atoms with E-state index in [1.165, 1.54) is 0 Å². The van der Waals surface area contributed by atoms with E-state index in [4.69, 9.17) is 25.8 Å². The van der Waals surface area contributed by atoms with Gasteiger partial charge in [-0.1, -0.05) is 60.7 Å². The minimum atomic E-state index is -1.05. The topological polar surface area (TPSA) is 82.1 Å². The number of benzene rings is 3. The summed E-state index contributed by atoms with van der Waals surface area (Å²) in [7, 11) is 0. The Morgan fingerprint density at radius 3 is 1.92 bits per heavy atom. The number of unbranched alkanes of at least 4 members (excludes halogenated alkanes) is 3. The fraction of sp³-hybridized carbons (Fsp3) is 0.333. The second-order valence-corrected chi connectivity index (χ2v) is 8.94. The molecule has 7 heteroatoms. The Kier molecular flexibility index (Phi) is 12.0. The van der Waals surface area contributed by atoms with Gasteiger partial charge in [-0.2, -0.15) is 0 Å². The maximum absolute atomic E-state index is 13.2. The molecule has 0 bridgehead atoms. The fourth-order valence-electron chi connectivity index (χ4n) is 3.82. The molecule has 3 aromatic rings. The first-order valence-electron chi connectivity index (χ1n) is 12.5. The van der Waals surface area contributed by atoms with E-state index in [0.717, 1.165) is 25.7 Å². The van der Waals surface area contributed by atoms with E-state index in [-0.39, 0.29) is 18.3 Å². The van der Waals surface area contributed by atoms with Gasteiger partial charge in [0, 0.05) is 5.88 Å². The van der Waals surface area contributed by atoms with Crippen LogP contribution in [0.2, 0.25) is 0 Å². The zero-order valence-electron chi connectivity index (χ0n) is 20.8. The van der Waals surface area contributed by atoms with E-state index >= 15 is 0 Å². The molecule has 0 aromatic heterocycles. The minimum absolute atomic E-state index is 0.247. The molecule has 3 aromatic carbocycles. The predicted octanol–water partition coefficient (Wildman–Crippen LogP) is 6.22. The predicted molar refractivity (Wildman–Crippen MR) is 143 cm³/mol. The number of ether oxygens (including phenoxy) is 3. The number of carbonyl (C=O) groups is 2. The smallest absolute Gasteiger partial charge is 0.321 e. The monoisotopic (exact) mass is 524 g/mol. The molecule has 0 unspecified atom stereocenters. The lowest BCUT2D eigenvalue weighted by atomic mass is 9.89. The van der Waals surface area contributed by atoms with Crippen molar-refractivity contribution in [3.63, 3.8) is 0 Å². The van der Waals surface area contributed by atoms with Crippen molar-refractivity contribution < 1.29 is 28.9 Å². The van der Waals surface area contributed by atoms with Gasteiger partial charge in [0.05, 0.1) is 25.7 Å². The third kappa shape index (κ3) is 9.56. The van der Waals surface area contributed by atoms with Crippen molar-refractivity contribution in [3.8, 4) is 11.5 Å². The van der Waals surface area contributed by atoms with E-state index in [1.807, 2.05) is 48.5 Å². The maximum atomic E-state index is 13.2. The molecular formula is C30H33ClO6. The second-order valence-electron chi connectivity index (χ2n) is 8.56. The molecule has 0 saturated heterocycles. The van der Waals surface area contributed by atoms with Crippen LogP contribution in [-0.2, 0) is 14.3 Å². The normalized spacial score (nSPS) is 12.4. The quantitative estimate of drug-likeness (QED) is 0.110. The van der Waals surface area contributed by atoms with Crippen LogP contribution in [0.25, 0.3) is 0 Å². The molecule has 0 radical (unpaired) electrons. The summed E-state index contributed by atoms with van der Waals surface area (Å²) >= 11 is 5.50. The number of carbonyl (C=O) groups excluding carboxylic acids is 2. The van der Waals surface area contributed by atoms with E-state index in [2.05, 4.69) is 0 Å². The largest absolute Gasteiger partial charge is 0.494 e. The Labute approximate surface area is 223 Å². The summed E-state index contributed by atoms with van der Waals surface area (Å²) in [5, 5.41) is 11.0. The highest BCUT2D eigenvalue weighted by Gasteiger charge is 2.31. The van der Waals surface area contributed by atoms with E-state index in [0.29, 0.717) is 35.8 Å². The Bertz CT molecular complexity index is 1070. The molecule has 1 N–H and O–H groups in total. The number of hydrogen-bond acceptors (Lipinski definition) is 6. The van der Waals surface area contributed by atoms with Crippen molar-refractivity contribution in [2.75, 3.05) is 19.1 Å². The summed E-state index contributed by atoms with van der Waals surface area (Å²) in [6.45, 7) is 0.981. The van der Waals surface area contributed by atoms with Crippen LogP contribution in [0.5, 0.6) is 11.5 Å². The Hall–Kier alpha value is -3.35. The second kappa shape index (κ2) is 15.7. The lowest BCUT2D eigenvalue weighted by Gasteiger charge is -2.22. The summed E-state index contributed by atoms with van der Waals surface area (Å²) < 4.78 is 16.5. The minimum Gasteiger partial charge on any atom is -0.494 e. The molecule has 0 aliphatic heterocycles. The number of aliphatic hydroxyl groups is 1. The number of hydrogen-bond donors (Lipinski definition) is 1. The molecular weight excluding hydrogens is 492 g/mol. The van der Waals surface area contributed by atoms with Gasteiger partial charge >= 0.3 is 11.9 Å². The third-order valence-corrected chi connectivity index (χ3v) is 5.97. The molecule has 0 heterocycles. The number of halogens is 1. The molecule has 37 heavy (non-hydrogen) atoms. The average molecular weight is 525 g/mol. The average Bonchev–Trinajstić information content (AvgIpc) is 2.92. The van der Waals surface area contributed by atoms with Crippen LogP contribution in [0.15, 0.2) is 84.9 Å². The Morgan fingerprint density at radius 1 is 0.730 bits per heavy atom. The number of esters is 2. The number of alkyl halides is 1. The standard InChI is InChI=1S/C30H33ClO6/c31-20-19-27(32)36-22-10-2-1-9-21-35-25-15-17-26(18-16-25)37-30(34)28(23-11-5-3-6-12-23)29(33)24-13-7-4-8-14-24/h3-8,11-18,28-29,33H,1-2,9-10,19-22H2/t28-,29-/m0/s1. The van der Waals surface area contributed by atoms with Gasteiger partial charge in [0.15, 0.2) is 0 Å². The van der Waals surface area contributed by atoms with Crippen LogP contribution in [0.4, 0.5) is 0 Å².